The average Bonchev–Trinajstić information content (AvgIpc) is 3.67. The highest BCUT2D eigenvalue weighted by atomic mass is 19.1. The van der Waals surface area contributed by atoms with E-state index in [1.165, 1.54) is 27.9 Å². The topological polar surface area (TPSA) is 33.8 Å². The van der Waals surface area contributed by atoms with E-state index in [4.69, 9.17) is 9.40 Å². The van der Waals surface area contributed by atoms with Crippen LogP contribution in [-0.4, -0.2) is 4.98 Å². The summed E-state index contributed by atoms with van der Waals surface area (Å²) in [6.45, 7) is 15.1. The first-order valence-corrected chi connectivity index (χ1v) is 19.1. The van der Waals surface area contributed by atoms with Crippen molar-refractivity contribution in [2.45, 2.75) is 71.9 Å². The predicted molar refractivity (Wildman–Crippen MR) is 211 cm³/mol. The molecule has 2 aliphatic rings. The van der Waals surface area contributed by atoms with E-state index in [9.17, 15) is 0 Å². The second-order valence-corrected chi connectivity index (χ2v) is 16.0. The van der Waals surface area contributed by atoms with E-state index in [-0.39, 0.29) is 23.8 Å². The van der Waals surface area contributed by atoms with Gasteiger partial charge in [0, 0.05) is 52.7 Å². The zero-order valence-corrected chi connectivity index (χ0v) is 31.2. The van der Waals surface area contributed by atoms with E-state index < -0.39 is 0 Å². The summed E-state index contributed by atoms with van der Waals surface area (Å²) >= 11 is 0. The van der Waals surface area contributed by atoms with Gasteiger partial charge in [-0.15, -0.1) is 6.58 Å². The van der Waals surface area contributed by atoms with Crippen molar-refractivity contribution < 1.29 is 17.9 Å². The smallest absolute Gasteiger partial charge is 0.227 e. The van der Waals surface area contributed by atoms with E-state index in [2.05, 4.69) is 135 Å². The Kier molecular flexibility index (Phi) is 8.14. The molecule has 9 rings (SSSR count). The normalized spacial score (nSPS) is 17.3. The zero-order chi connectivity index (χ0) is 36.5. The van der Waals surface area contributed by atoms with Gasteiger partial charge in [0.15, 0.2) is 30.1 Å². The summed E-state index contributed by atoms with van der Waals surface area (Å²) in [5, 5.41) is 2.09. The number of allylic oxidation sites excluding steroid dienone is 1. The molecule has 3 unspecified atom stereocenters. The number of aromatic nitrogens is 3. The number of aryl methyl sites for hydroxylation is 1. The maximum atomic E-state index is 15.0. The van der Waals surface area contributed by atoms with Gasteiger partial charge in [-0.2, -0.15) is 9.13 Å². The minimum Gasteiger partial charge on any atom is -0.437 e. The summed E-state index contributed by atoms with van der Waals surface area (Å²) in [5.41, 5.74) is 14.0. The third-order valence-corrected chi connectivity index (χ3v) is 11.4. The van der Waals surface area contributed by atoms with Gasteiger partial charge in [-0.25, -0.2) is 9.37 Å². The third-order valence-electron chi connectivity index (χ3n) is 11.4. The number of halogens is 1. The van der Waals surface area contributed by atoms with Crippen molar-refractivity contribution in [3.63, 3.8) is 0 Å². The Hall–Kier alpha value is -5.42. The lowest BCUT2D eigenvalue weighted by molar-refractivity contribution is -0.746. The molecule has 0 fully saturated rings. The van der Waals surface area contributed by atoms with Gasteiger partial charge >= 0.3 is 0 Å². The molecule has 0 saturated heterocycles. The standard InChI is InChI=1S/C48H46FN3O/c1-7-10-42-44(39-25-31(23-28(2)3)13-16-35(39)41-11-8-9-21-51(41)42)46-38-18-17-36-37-15-12-30(6)50-48(37)53-47(36)45(38)43-27-33(20-22-52(43)46)32-14-19-40(49)34(26-32)24-29(4)5/h7-9,11-22,25-29,42,44,46H,1,10,23-24H2,2-6H3/q+2. The second kappa shape index (κ2) is 12.9. The van der Waals surface area contributed by atoms with Crippen molar-refractivity contribution in [3.05, 3.63) is 150 Å². The van der Waals surface area contributed by atoms with Crippen molar-refractivity contribution in [2.75, 3.05) is 0 Å². The fourth-order valence-electron chi connectivity index (χ4n) is 9.23. The molecule has 0 amide bonds. The van der Waals surface area contributed by atoms with Crippen LogP contribution in [0, 0.1) is 24.6 Å². The molecular formula is C48H46FN3O+2. The Morgan fingerprint density at radius 1 is 0.792 bits per heavy atom. The number of hydrogen-bond donors (Lipinski definition) is 0. The molecule has 3 aromatic carbocycles. The molecule has 264 valence electrons. The first-order valence-electron chi connectivity index (χ1n) is 19.1. The molecule has 4 aromatic heterocycles. The fraction of sp³-hybridized carbons (Fsp3) is 0.271. The Morgan fingerprint density at radius 2 is 1.60 bits per heavy atom. The van der Waals surface area contributed by atoms with Crippen LogP contribution < -0.4 is 9.13 Å². The molecule has 0 spiro atoms. The highest BCUT2D eigenvalue weighted by molar-refractivity contribution is 6.09. The van der Waals surface area contributed by atoms with Gasteiger partial charge in [-0.1, -0.05) is 58.0 Å². The van der Waals surface area contributed by atoms with Gasteiger partial charge in [-0.3, -0.25) is 0 Å². The molecular weight excluding hydrogens is 654 g/mol. The fourth-order valence-corrected chi connectivity index (χ4v) is 9.23. The molecule has 0 aliphatic carbocycles. The molecule has 0 radical (unpaired) electrons. The first kappa shape index (κ1) is 33.4. The van der Waals surface area contributed by atoms with E-state index in [1.807, 2.05) is 19.1 Å². The van der Waals surface area contributed by atoms with Crippen LogP contribution in [0.4, 0.5) is 4.39 Å². The Labute approximate surface area is 311 Å². The lowest BCUT2D eigenvalue weighted by Crippen LogP contribution is -2.53. The van der Waals surface area contributed by atoms with Crippen molar-refractivity contribution in [1.29, 1.82) is 0 Å². The molecule has 53 heavy (non-hydrogen) atoms. The molecule has 0 N–H and O–H groups in total. The quantitative estimate of drug-likeness (QED) is 0.117. The van der Waals surface area contributed by atoms with E-state index in [1.54, 1.807) is 6.07 Å². The average molecular weight is 700 g/mol. The van der Waals surface area contributed by atoms with Crippen LogP contribution in [0.3, 0.4) is 0 Å². The number of fused-ring (bicyclic) bond motifs is 10. The predicted octanol–water partition coefficient (Wildman–Crippen LogP) is 11.2. The summed E-state index contributed by atoms with van der Waals surface area (Å²) < 4.78 is 26.7. The largest absolute Gasteiger partial charge is 0.437 e. The van der Waals surface area contributed by atoms with Gasteiger partial charge in [0.2, 0.25) is 17.1 Å². The SMILES string of the molecule is C=CCC1C(C2c3ccc4c(oc5nc(C)ccc54)c3-c3cc(-c4ccc(F)c(CC(C)C)c4)cc[n+]32)c2cc(CC(C)C)ccc2-c2cccc[n+]21. The van der Waals surface area contributed by atoms with Gasteiger partial charge in [0.25, 0.3) is 0 Å². The highest BCUT2D eigenvalue weighted by Crippen LogP contribution is 2.52. The van der Waals surface area contributed by atoms with Crippen molar-refractivity contribution >= 4 is 22.1 Å². The molecule has 2 aliphatic heterocycles. The lowest BCUT2D eigenvalue weighted by atomic mass is 9.74. The van der Waals surface area contributed by atoms with Crippen LogP contribution in [0.1, 0.15) is 80.1 Å². The van der Waals surface area contributed by atoms with Crippen LogP contribution in [0.25, 0.3) is 55.7 Å². The Balaban J connectivity index is 1.32. The summed E-state index contributed by atoms with van der Waals surface area (Å²) in [5.74, 6) is 0.852. The van der Waals surface area contributed by atoms with Gasteiger partial charge in [0.05, 0.1) is 11.1 Å². The molecule has 0 bridgehead atoms. The third kappa shape index (κ3) is 5.51. The minimum atomic E-state index is -0.144. The van der Waals surface area contributed by atoms with E-state index in [0.29, 0.717) is 24.0 Å². The van der Waals surface area contributed by atoms with Gasteiger partial charge in [0.1, 0.15) is 11.7 Å². The van der Waals surface area contributed by atoms with Gasteiger partial charge < -0.3 is 4.42 Å². The molecule has 7 aromatic rings. The second-order valence-electron chi connectivity index (χ2n) is 16.0. The van der Waals surface area contributed by atoms with Crippen LogP contribution >= 0.6 is 0 Å². The van der Waals surface area contributed by atoms with Crippen LogP contribution in [0.5, 0.6) is 0 Å². The Bertz CT molecular complexity index is 2580. The monoisotopic (exact) mass is 699 g/mol. The van der Waals surface area contributed by atoms with Crippen molar-refractivity contribution in [1.82, 2.24) is 4.98 Å². The molecule has 3 atom stereocenters. The van der Waals surface area contributed by atoms with Crippen LogP contribution in [0.2, 0.25) is 0 Å². The summed E-state index contributed by atoms with van der Waals surface area (Å²) in [6, 6.07) is 32.6. The number of pyridine rings is 3. The lowest BCUT2D eigenvalue weighted by Gasteiger charge is -2.32. The summed E-state index contributed by atoms with van der Waals surface area (Å²) in [4.78, 5) is 4.81. The van der Waals surface area contributed by atoms with Crippen molar-refractivity contribution in [2.24, 2.45) is 11.8 Å². The number of rotatable bonds is 8. The Morgan fingerprint density at radius 3 is 2.42 bits per heavy atom. The molecule has 6 heterocycles. The number of benzene rings is 3. The van der Waals surface area contributed by atoms with E-state index >= 15 is 4.39 Å². The van der Waals surface area contributed by atoms with Crippen LogP contribution in [-0.2, 0) is 12.8 Å². The van der Waals surface area contributed by atoms with Crippen molar-refractivity contribution in [3.8, 4) is 33.6 Å². The number of furan rings is 1. The summed E-state index contributed by atoms with van der Waals surface area (Å²) in [7, 11) is 0. The first-order chi connectivity index (χ1) is 25.7. The molecule has 4 nitrogen and oxygen atoms in total. The van der Waals surface area contributed by atoms with E-state index in [0.717, 1.165) is 62.8 Å². The summed E-state index contributed by atoms with van der Waals surface area (Å²) in [6.07, 6.45) is 9.12. The highest BCUT2D eigenvalue weighted by Gasteiger charge is 2.53. The minimum absolute atomic E-state index is 0.0232. The zero-order valence-electron chi connectivity index (χ0n) is 31.2. The maximum absolute atomic E-state index is 15.0. The number of nitrogens with zero attached hydrogens (tertiary/aromatic N) is 3. The molecule has 5 heteroatoms. The maximum Gasteiger partial charge on any atom is 0.227 e. The molecule has 0 saturated carbocycles. The van der Waals surface area contributed by atoms with Gasteiger partial charge in [-0.05, 0) is 102 Å². The number of hydrogen-bond acceptors (Lipinski definition) is 2. The van der Waals surface area contributed by atoms with Crippen LogP contribution in [0.15, 0.2) is 120 Å².